The van der Waals surface area contributed by atoms with Gasteiger partial charge in [0.2, 0.25) is 0 Å². The van der Waals surface area contributed by atoms with Crippen molar-refractivity contribution in [1.82, 2.24) is 0 Å². The lowest BCUT2D eigenvalue weighted by Crippen LogP contribution is -2.24. The molecule has 3 rings (SSSR count). The van der Waals surface area contributed by atoms with Crippen LogP contribution in [-0.4, -0.2) is 19.6 Å². The van der Waals surface area contributed by atoms with Gasteiger partial charge >= 0.3 is 0 Å². The third-order valence-electron chi connectivity index (χ3n) is 4.38. The van der Waals surface area contributed by atoms with Gasteiger partial charge in [0.1, 0.15) is 10.7 Å². The van der Waals surface area contributed by atoms with Crippen LogP contribution in [0.3, 0.4) is 0 Å². The van der Waals surface area contributed by atoms with Crippen LogP contribution in [0.15, 0.2) is 45.8 Å². The van der Waals surface area contributed by atoms with Crippen LogP contribution in [-0.2, 0) is 16.4 Å². The molecule has 2 atom stereocenters. The standard InChI is InChI=1S/C17H17BrFNO3S/c1-10-14(21)9-7-11-6-8-13(17(18)16(10)11)20-24(22,23)15-5-3-2-4-12(15)19/h2-6,8,10,14,20-21H,7,9H2,1H3/t10-,14+/m1/s1. The molecular formula is C17H17BrFNO3S. The van der Waals surface area contributed by atoms with E-state index in [2.05, 4.69) is 20.7 Å². The average molecular weight is 414 g/mol. The minimum atomic E-state index is -4.04. The topological polar surface area (TPSA) is 66.4 Å². The van der Waals surface area contributed by atoms with Crippen LogP contribution in [0.1, 0.15) is 30.4 Å². The fourth-order valence-corrected chi connectivity index (χ4v) is 5.16. The number of nitrogens with one attached hydrogen (secondary N) is 1. The summed E-state index contributed by atoms with van der Waals surface area (Å²) in [7, 11) is -4.04. The molecular weight excluding hydrogens is 397 g/mol. The van der Waals surface area contributed by atoms with Crippen molar-refractivity contribution in [2.24, 2.45) is 0 Å². The van der Waals surface area contributed by atoms with Gasteiger partial charge in [-0.25, -0.2) is 12.8 Å². The van der Waals surface area contributed by atoms with Crippen molar-refractivity contribution in [1.29, 1.82) is 0 Å². The molecule has 0 fully saturated rings. The molecule has 1 aliphatic carbocycles. The maximum absolute atomic E-state index is 13.8. The van der Waals surface area contributed by atoms with Crippen LogP contribution in [0.2, 0.25) is 0 Å². The van der Waals surface area contributed by atoms with Gasteiger partial charge in [-0.05, 0) is 58.1 Å². The molecule has 0 saturated heterocycles. The first kappa shape index (κ1) is 17.4. The quantitative estimate of drug-likeness (QED) is 0.803. The molecule has 24 heavy (non-hydrogen) atoms. The van der Waals surface area contributed by atoms with E-state index < -0.39 is 26.8 Å². The predicted octanol–water partition coefficient (Wildman–Crippen LogP) is 3.80. The molecule has 0 saturated carbocycles. The highest BCUT2D eigenvalue weighted by molar-refractivity contribution is 9.10. The third-order valence-corrected chi connectivity index (χ3v) is 6.64. The Bertz CT molecular complexity index is 885. The lowest BCUT2D eigenvalue weighted by atomic mass is 9.82. The van der Waals surface area contributed by atoms with Crippen molar-refractivity contribution >= 4 is 31.6 Å². The van der Waals surface area contributed by atoms with Gasteiger partial charge in [0.25, 0.3) is 10.0 Å². The first-order valence-corrected chi connectivity index (χ1v) is 9.85. The van der Waals surface area contributed by atoms with Crippen LogP contribution in [0.5, 0.6) is 0 Å². The SMILES string of the molecule is C[C@H]1c2c(ccc(NS(=O)(=O)c3ccccc3F)c2Br)CC[C@@H]1O. The number of aliphatic hydroxyl groups excluding tert-OH is 1. The monoisotopic (exact) mass is 413 g/mol. The molecule has 0 aliphatic heterocycles. The molecule has 2 N–H and O–H groups in total. The molecule has 4 nitrogen and oxygen atoms in total. The molecule has 0 amide bonds. The van der Waals surface area contributed by atoms with E-state index in [1.807, 2.05) is 13.0 Å². The second kappa shape index (κ2) is 6.46. The van der Waals surface area contributed by atoms with Crippen molar-refractivity contribution in [3.05, 3.63) is 57.8 Å². The van der Waals surface area contributed by atoms with Crippen LogP contribution < -0.4 is 4.72 Å². The van der Waals surface area contributed by atoms with Crippen LogP contribution in [0, 0.1) is 5.82 Å². The molecule has 0 heterocycles. The molecule has 0 unspecified atom stereocenters. The summed E-state index contributed by atoms with van der Waals surface area (Å²) >= 11 is 3.45. The summed E-state index contributed by atoms with van der Waals surface area (Å²) in [5.41, 5.74) is 2.30. The third kappa shape index (κ3) is 3.08. The Morgan fingerprint density at radius 3 is 2.67 bits per heavy atom. The Labute approximate surface area is 148 Å². The number of fused-ring (bicyclic) bond motifs is 1. The van der Waals surface area contributed by atoms with Gasteiger partial charge in [0.05, 0.1) is 11.8 Å². The summed E-state index contributed by atoms with van der Waals surface area (Å²) in [5, 5.41) is 10.1. The minimum absolute atomic E-state index is 0.110. The van der Waals surface area contributed by atoms with E-state index in [0.29, 0.717) is 16.6 Å². The number of rotatable bonds is 3. The molecule has 7 heteroatoms. The van der Waals surface area contributed by atoms with Crippen LogP contribution >= 0.6 is 15.9 Å². The second-order valence-corrected chi connectivity index (χ2v) is 8.37. The summed E-state index contributed by atoms with van der Waals surface area (Å²) < 4.78 is 41.8. The van der Waals surface area contributed by atoms with Gasteiger partial charge in [-0.2, -0.15) is 0 Å². The maximum Gasteiger partial charge on any atom is 0.264 e. The summed E-state index contributed by atoms with van der Waals surface area (Å²) in [6, 6.07) is 8.74. The number of aliphatic hydroxyl groups is 1. The van der Waals surface area contributed by atoms with E-state index in [1.54, 1.807) is 6.07 Å². The fraction of sp³-hybridized carbons (Fsp3) is 0.294. The van der Waals surface area contributed by atoms with Gasteiger partial charge in [0.15, 0.2) is 0 Å². The normalized spacial score (nSPS) is 20.5. The zero-order chi connectivity index (χ0) is 17.5. The van der Waals surface area contributed by atoms with Crippen molar-refractivity contribution < 1.29 is 17.9 Å². The average Bonchev–Trinajstić information content (AvgIpc) is 2.53. The number of sulfonamides is 1. The maximum atomic E-state index is 13.8. The van der Waals surface area contributed by atoms with E-state index >= 15 is 0 Å². The van der Waals surface area contributed by atoms with E-state index in [1.165, 1.54) is 18.2 Å². The first-order chi connectivity index (χ1) is 11.3. The van der Waals surface area contributed by atoms with Gasteiger partial charge in [-0.15, -0.1) is 0 Å². The Morgan fingerprint density at radius 2 is 1.96 bits per heavy atom. The van der Waals surface area contributed by atoms with Crippen molar-refractivity contribution in [2.75, 3.05) is 4.72 Å². The fourth-order valence-electron chi connectivity index (χ4n) is 3.03. The van der Waals surface area contributed by atoms with Gasteiger partial charge in [-0.3, -0.25) is 4.72 Å². The first-order valence-electron chi connectivity index (χ1n) is 7.58. The summed E-state index contributed by atoms with van der Waals surface area (Å²) in [4.78, 5) is -0.400. The zero-order valence-corrected chi connectivity index (χ0v) is 15.4. The van der Waals surface area contributed by atoms with E-state index in [-0.39, 0.29) is 5.92 Å². The number of benzene rings is 2. The van der Waals surface area contributed by atoms with Crippen molar-refractivity contribution in [2.45, 2.75) is 36.7 Å². The predicted molar refractivity (Wildman–Crippen MR) is 94.1 cm³/mol. The number of hydrogen-bond acceptors (Lipinski definition) is 3. The van der Waals surface area contributed by atoms with E-state index in [4.69, 9.17) is 0 Å². The zero-order valence-electron chi connectivity index (χ0n) is 13.0. The van der Waals surface area contributed by atoms with Crippen LogP contribution in [0.4, 0.5) is 10.1 Å². The molecule has 1 aliphatic rings. The van der Waals surface area contributed by atoms with E-state index in [9.17, 15) is 17.9 Å². The molecule has 2 aromatic rings. The molecule has 0 aromatic heterocycles. The molecule has 0 bridgehead atoms. The van der Waals surface area contributed by atoms with E-state index in [0.717, 1.165) is 23.6 Å². The highest BCUT2D eigenvalue weighted by Gasteiger charge is 2.28. The number of halogens is 2. The second-order valence-electron chi connectivity index (χ2n) is 5.93. The van der Waals surface area contributed by atoms with Gasteiger partial charge in [0, 0.05) is 10.4 Å². The molecule has 128 valence electrons. The van der Waals surface area contributed by atoms with Crippen LogP contribution in [0.25, 0.3) is 0 Å². The number of anilines is 1. The lowest BCUT2D eigenvalue weighted by Gasteiger charge is -2.29. The highest BCUT2D eigenvalue weighted by atomic mass is 79.9. The van der Waals surface area contributed by atoms with Gasteiger partial charge in [-0.1, -0.05) is 25.1 Å². The Hall–Kier alpha value is -1.44. The molecule has 2 aromatic carbocycles. The van der Waals surface area contributed by atoms with Gasteiger partial charge < -0.3 is 5.11 Å². The smallest absolute Gasteiger partial charge is 0.264 e. The van der Waals surface area contributed by atoms with Crippen molar-refractivity contribution in [3.8, 4) is 0 Å². The highest BCUT2D eigenvalue weighted by Crippen LogP contribution is 2.40. The largest absolute Gasteiger partial charge is 0.392 e. The Balaban J connectivity index is 2.02. The Morgan fingerprint density at radius 1 is 1.25 bits per heavy atom. The summed E-state index contributed by atoms with van der Waals surface area (Å²) in [6.45, 7) is 1.91. The number of hydrogen-bond donors (Lipinski definition) is 2. The number of aryl methyl sites for hydroxylation is 1. The minimum Gasteiger partial charge on any atom is -0.392 e. The molecule has 0 spiro atoms. The van der Waals surface area contributed by atoms with Crippen molar-refractivity contribution in [3.63, 3.8) is 0 Å². The Kier molecular flexibility index (Phi) is 4.68. The lowest BCUT2D eigenvalue weighted by molar-refractivity contribution is 0.132. The summed E-state index contributed by atoms with van der Waals surface area (Å²) in [5.74, 6) is -0.913. The summed E-state index contributed by atoms with van der Waals surface area (Å²) in [6.07, 6.45) is 0.952. The molecule has 0 radical (unpaired) electrons.